The van der Waals surface area contributed by atoms with Crippen LogP contribution in [0.15, 0.2) is 28.7 Å². The van der Waals surface area contributed by atoms with Crippen LogP contribution in [0.3, 0.4) is 0 Å². The van der Waals surface area contributed by atoms with Crippen molar-refractivity contribution >= 4 is 21.6 Å². The third-order valence-electron chi connectivity index (χ3n) is 3.40. The van der Waals surface area contributed by atoms with Gasteiger partial charge in [-0.25, -0.2) is 4.89 Å². The molecule has 2 unspecified atom stereocenters. The Hall–Kier alpha value is -0.580. The van der Waals surface area contributed by atoms with Crippen LogP contribution in [0.25, 0.3) is 0 Å². The highest BCUT2D eigenvalue weighted by Gasteiger charge is 2.28. The first-order valence-corrected chi connectivity index (χ1v) is 6.84. The number of benzene rings is 1. The Morgan fingerprint density at radius 1 is 1.47 bits per heavy atom. The Bertz CT molecular complexity index is 372. The lowest BCUT2D eigenvalue weighted by atomic mass is 9.97. The zero-order valence-electron chi connectivity index (χ0n) is 9.97. The maximum atomic E-state index is 8.87. The molecule has 1 N–H and O–H groups in total. The second-order valence-electron chi connectivity index (χ2n) is 4.55. The monoisotopic (exact) mass is 299 g/mol. The van der Waals surface area contributed by atoms with Gasteiger partial charge in [0.15, 0.2) is 0 Å². The van der Waals surface area contributed by atoms with Gasteiger partial charge in [0, 0.05) is 16.7 Å². The molecule has 1 aromatic rings. The Labute approximate surface area is 110 Å². The molecule has 17 heavy (non-hydrogen) atoms. The second-order valence-corrected chi connectivity index (χ2v) is 5.46. The lowest BCUT2D eigenvalue weighted by Gasteiger charge is -2.39. The summed E-state index contributed by atoms with van der Waals surface area (Å²) in [5.41, 5.74) is 1.19. The topological polar surface area (TPSA) is 32.7 Å². The molecule has 1 heterocycles. The van der Waals surface area contributed by atoms with Crippen molar-refractivity contribution < 1.29 is 10.1 Å². The number of rotatable bonds is 3. The minimum absolute atomic E-state index is 0.158. The van der Waals surface area contributed by atoms with Crippen molar-refractivity contribution in [2.45, 2.75) is 38.3 Å². The van der Waals surface area contributed by atoms with E-state index in [2.05, 4.69) is 37.9 Å². The molecule has 3 nitrogen and oxygen atoms in total. The van der Waals surface area contributed by atoms with Gasteiger partial charge in [-0.1, -0.05) is 22.0 Å². The van der Waals surface area contributed by atoms with Gasteiger partial charge in [0.25, 0.3) is 0 Å². The summed E-state index contributed by atoms with van der Waals surface area (Å²) in [6, 6.07) is 8.53. The zero-order chi connectivity index (χ0) is 12.3. The third kappa shape index (κ3) is 3.00. The minimum atomic E-state index is -0.158. The van der Waals surface area contributed by atoms with Gasteiger partial charge in [0.2, 0.25) is 0 Å². The van der Waals surface area contributed by atoms with E-state index in [-0.39, 0.29) is 12.1 Å². The average Bonchev–Trinajstić information content (AvgIpc) is 2.38. The van der Waals surface area contributed by atoms with E-state index in [9.17, 15) is 0 Å². The molecule has 1 aliphatic rings. The fourth-order valence-corrected chi connectivity index (χ4v) is 2.88. The van der Waals surface area contributed by atoms with E-state index in [1.54, 1.807) is 0 Å². The predicted octanol–water partition coefficient (Wildman–Crippen LogP) is 3.69. The maximum Gasteiger partial charge on any atom is 0.110 e. The Kier molecular flexibility index (Phi) is 4.42. The summed E-state index contributed by atoms with van der Waals surface area (Å²) in [4.78, 5) is 6.85. The van der Waals surface area contributed by atoms with Crippen LogP contribution in [0.2, 0.25) is 0 Å². The number of anilines is 1. The number of halogens is 1. The van der Waals surface area contributed by atoms with Gasteiger partial charge in [-0.2, -0.15) is 0 Å². The van der Waals surface area contributed by atoms with Gasteiger partial charge in [0.05, 0.1) is 6.04 Å². The summed E-state index contributed by atoms with van der Waals surface area (Å²) in [6.07, 6.45) is 3.30. The van der Waals surface area contributed by atoms with Crippen molar-refractivity contribution in [2.24, 2.45) is 0 Å². The molecule has 1 aromatic carbocycles. The quantitative estimate of drug-likeness (QED) is 0.682. The van der Waals surface area contributed by atoms with E-state index in [0.717, 1.165) is 17.4 Å². The zero-order valence-corrected chi connectivity index (χ0v) is 11.6. The predicted molar refractivity (Wildman–Crippen MR) is 72.3 cm³/mol. The largest absolute Gasteiger partial charge is 0.366 e. The SMILES string of the molecule is CC(OO)C1CCCCN1c1cccc(Br)c1. The normalized spacial score (nSPS) is 22.5. The van der Waals surface area contributed by atoms with Crippen LogP contribution in [-0.2, 0) is 4.89 Å². The molecule has 0 aliphatic carbocycles. The van der Waals surface area contributed by atoms with Gasteiger partial charge in [-0.3, -0.25) is 5.26 Å². The summed E-state index contributed by atoms with van der Waals surface area (Å²) in [6.45, 7) is 2.94. The number of piperidine rings is 1. The molecule has 94 valence electrons. The molecule has 0 spiro atoms. The number of hydrogen-bond donors (Lipinski definition) is 1. The van der Waals surface area contributed by atoms with Gasteiger partial charge in [-0.15, -0.1) is 0 Å². The van der Waals surface area contributed by atoms with Crippen LogP contribution in [-0.4, -0.2) is 23.9 Å². The van der Waals surface area contributed by atoms with Crippen molar-refractivity contribution in [3.05, 3.63) is 28.7 Å². The van der Waals surface area contributed by atoms with Crippen molar-refractivity contribution in [1.82, 2.24) is 0 Å². The molecule has 1 fully saturated rings. The summed E-state index contributed by atoms with van der Waals surface area (Å²) >= 11 is 3.50. The lowest BCUT2D eigenvalue weighted by Crippen LogP contribution is -2.46. The number of hydrogen-bond acceptors (Lipinski definition) is 3. The molecule has 0 aromatic heterocycles. The first-order chi connectivity index (χ1) is 8.22. The summed E-state index contributed by atoms with van der Waals surface area (Å²) < 4.78 is 1.08. The lowest BCUT2D eigenvalue weighted by molar-refractivity contribution is -0.278. The van der Waals surface area contributed by atoms with Crippen LogP contribution >= 0.6 is 15.9 Å². The molecule has 1 aliphatic heterocycles. The highest BCUT2D eigenvalue weighted by molar-refractivity contribution is 9.10. The van der Waals surface area contributed by atoms with Crippen LogP contribution in [0.1, 0.15) is 26.2 Å². The standard InChI is InChI=1S/C13H18BrNO2/c1-10(17-16)13-7-2-3-8-15(13)12-6-4-5-11(14)9-12/h4-6,9-10,13,16H,2-3,7-8H2,1H3. The van der Waals surface area contributed by atoms with Gasteiger partial charge in [-0.05, 0) is 44.4 Å². The van der Waals surface area contributed by atoms with E-state index in [0.29, 0.717) is 0 Å². The average molecular weight is 300 g/mol. The second kappa shape index (κ2) is 5.85. The highest BCUT2D eigenvalue weighted by atomic mass is 79.9. The van der Waals surface area contributed by atoms with Crippen molar-refractivity contribution in [2.75, 3.05) is 11.4 Å². The smallest absolute Gasteiger partial charge is 0.110 e. The molecule has 0 radical (unpaired) electrons. The van der Waals surface area contributed by atoms with Crippen LogP contribution in [0.5, 0.6) is 0 Å². The Morgan fingerprint density at radius 2 is 2.29 bits per heavy atom. The first-order valence-electron chi connectivity index (χ1n) is 6.05. The van der Waals surface area contributed by atoms with E-state index in [4.69, 9.17) is 5.26 Å². The van der Waals surface area contributed by atoms with Crippen molar-refractivity contribution in [3.63, 3.8) is 0 Å². The fourth-order valence-electron chi connectivity index (χ4n) is 2.49. The van der Waals surface area contributed by atoms with Crippen LogP contribution in [0.4, 0.5) is 5.69 Å². The van der Waals surface area contributed by atoms with Gasteiger partial charge < -0.3 is 4.90 Å². The highest BCUT2D eigenvalue weighted by Crippen LogP contribution is 2.29. The molecule has 1 saturated heterocycles. The molecular formula is C13H18BrNO2. The summed E-state index contributed by atoms with van der Waals surface area (Å²) in [5, 5.41) is 8.87. The van der Waals surface area contributed by atoms with E-state index in [1.807, 2.05) is 19.1 Å². The Morgan fingerprint density at radius 3 is 3.00 bits per heavy atom. The fraction of sp³-hybridized carbons (Fsp3) is 0.538. The van der Waals surface area contributed by atoms with Crippen molar-refractivity contribution in [1.29, 1.82) is 0 Å². The molecule has 0 bridgehead atoms. The minimum Gasteiger partial charge on any atom is -0.366 e. The van der Waals surface area contributed by atoms with E-state index in [1.165, 1.54) is 18.5 Å². The first kappa shape index (κ1) is 12.9. The van der Waals surface area contributed by atoms with Gasteiger partial charge >= 0.3 is 0 Å². The summed E-state index contributed by atoms with van der Waals surface area (Å²) in [7, 11) is 0. The van der Waals surface area contributed by atoms with Crippen LogP contribution < -0.4 is 4.90 Å². The molecular weight excluding hydrogens is 282 g/mol. The molecule has 0 saturated carbocycles. The van der Waals surface area contributed by atoms with Gasteiger partial charge in [0.1, 0.15) is 6.10 Å². The Balaban J connectivity index is 2.21. The van der Waals surface area contributed by atoms with Crippen molar-refractivity contribution in [3.8, 4) is 0 Å². The molecule has 2 atom stereocenters. The molecule has 4 heteroatoms. The molecule has 0 amide bonds. The maximum absolute atomic E-state index is 8.87. The van der Waals surface area contributed by atoms with E-state index >= 15 is 0 Å². The van der Waals surface area contributed by atoms with E-state index < -0.39 is 0 Å². The third-order valence-corrected chi connectivity index (χ3v) is 3.89. The summed E-state index contributed by atoms with van der Waals surface area (Å²) in [5.74, 6) is 0. The van der Waals surface area contributed by atoms with Crippen LogP contribution in [0, 0.1) is 0 Å². The number of nitrogens with zero attached hydrogens (tertiary/aromatic N) is 1. The molecule has 2 rings (SSSR count).